The Labute approximate surface area is 111 Å². The second-order valence-electron chi connectivity index (χ2n) is 4.90. The topological polar surface area (TPSA) is 39.1 Å². The molecule has 1 aromatic rings. The van der Waals surface area contributed by atoms with E-state index in [1.165, 1.54) is 0 Å². The van der Waals surface area contributed by atoms with Crippen LogP contribution in [0.2, 0.25) is 0 Å². The molecule has 1 aromatic heterocycles. The van der Waals surface area contributed by atoms with Gasteiger partial charge in [-0.25, -0.2) is 0 Å². The van der Waals surface area contributed by atoms with Crippen LogP contribution in [0.1, 0.15) is 26.7 Å². The minimum atomic E-state index is 0.306. The van der Waals surface area contributed by atoms with Gasteiger partial charge in [0.1, 0.15) is 0 Å². The molecule has 1 aliphatic rings. The molecule has 2 atom stereocenters. The maximum Gasteiger partial charge on any atom is 0.0776 e. The summed E-state index contributed by atoms with van der Waals surface area (Å²) < 4.78 is 8.95. The van der Waals surface area contributed by atoms with Gasteiger partial charge in [0.2, 0.25) is 0 Å². The van der Waals surface area contributed by atoms with Crippen molar-refractivity contribution in [1.82, 2.24) is 15.1 Å². The zero-order valence-electron chi connectivity index (χ0n) is 10.4. The molecule has 0 spiro atoms. The average Bonchev–Trinajstić information content (AvgIpc) is 2.86. The summed E-state index contributed by atoms with van der Waals surface area (Å²) in [6.45, 7) is 6.13. The van der Waals surface area contributed by atoms with Crippen LogP contribution in [0.5, 0.6) is 0 Å². The molecular weight excluding hydrogens is 282 g/mol. The van der Waals surface area contributed by atoms with Gasteiger partial charge in [-0.05, 0) is 28.8 Å². The first-order valence-electron chi connectivity index (χ1n) is 6.20. The van der Waals surface area contributed by atoms with Crippen LogP contribution in [0.15, 0.2) is 16.9 Å². The Hall–Kier alpha value is -0.390. The number of nitrogens with zero attached hydrogens (tertiary/aromatic N) is 2. The van der Waals surface area contributed by atoms with Crippen LogP contribution in [-0.2, 0) is 11.3 Å². The fourth-order valence-electron chi connectivity index (χ4n) is 2.08. The van der Waals surface area contributed by atoms with Gasteiger partial charge in [-0.1, -0.05) is 13.8 Å². The van der Waals surface area contributed by atoms with Crippen molar-refractivity contribution in [3.8, 4) is 0 Å². The summed E-state index contributed by atoms with van der Waals surface area (Å²) in [5.41, 5.74) is 0. The van der Waals surface area contributed by atoms with E-state index in [9.17, 15) is 0 Å². The molecule has 5 heteroatoms. The third kappa shape index (κ3) is 4.08. The fraction of sp³-hybridized carbons (Fsp3) is 0.750. The van der Waals surface area contributed by atoms with E-state index in [1.54, 1.807) is 0 Å². The number of nitrogens with one attached hydrogen (secondary N) is 1. The first kappa shape index (κ1) is 13.1. The molecule has 2 unspecified atom stereocenters. The van der Waals surface area contributed by atoms with Gasteiger partial charge >= 0.3 is 0 Å². The molecule has 1 aliphatic heterocycles. The summed E-state index contributed by atoms with van der Waals surface area (Å²) in [4.78, 5) is 0. The first-order chi connectivity index (χ1) is 8.13. The van der Waals surface area contributed by atoms with E-state index < -0.39 is 0 Å². The van der Waals surface area contributed by atoms with Crippen molar-refractivity contribution in [2.75, 3.05) is 6.54 Å². The van der Waals surface area contributed by atoms with Crippen molar-refractivity contribution in [2.24, 2.45) is 0 Å². The summed E-state index contributed by atoms with van der Waals surface area (Å²) in [6.07, 6.45) is 6.74. The molecule has 1 saturated heterocycles. The lowest BCUT2D eigenvalue weighted by Crippen LogP contribution is -2.32. The summed E-state index contributed by atoms with van der Waals surface area (Å²) in [6, 6.07) is 0.528. The molecule has 0 saturated carbocycles. The highest BCUT2D eigenvalue weighted by atomic mass is 79.9. The molecule has 1 N–H and O–H groups in total. The summed E-state index contributed by atoms with van der Waals surface area (Å²) in [5.74, 6) is 0. The number of rotatable bonds is 5. The molecule has 0 radical (unpaired) electrons. The largest absolute Gasteiger partial charge is 0.372 e. The van der Waals surface area contributed by atoms with Crippen LogP contribution in [0.3, 0.4) is 0 Å². The molecule has 1 fully saturated rings. The zero-order chi connectivity index (χ0) is 12.3. The highest BCUT2D eigenvalue weighted by molar-refractivity contribution is 9.10. The van der Waals surface area contributed by atoms with Crippen molar-refractivity contribution in [2.45, 2.75) is 51.5 Å². The SMILES string of the molecule is CC(C)NCC1CCC(Cn2cc(Br)cn2)O1. The van der Waals surface area contributed by atoms with E-state index in [0.29, 0.717) is 18.2 Å². The second-order valence-corrected chi connectivity index (χ2v) is 5.82. The zero-order valence-corrected chi connectivity index (χ0v) is 12.0. The Kier molecular flexibility index (Phi) is 4.59. The van der Waals surface area contributed by atoms with Crippen LogP contribution in [0.25, 0.3) is 0 Å². The van der Waals surface area contributed by atoms with Crippen molar-refractivity contribution in [1.29, 1.82) is 0 Å². The second kappa shape index (κ2) is 5.98. The van der Waals surface area contributed by atoms with Crippen LogP contribution in [-0.4, -0.2) is 34.6 Å². The van der Waals surface area contributed by atoms with Crippen molar-refractivity contribution >= 4 is 15.9 Å². The first-order valence-corrected chi connectivity index (χ1v) is 6.99. The number of hydrogen-bond acceptors (Lipinski definition) is 3. The Bertz CT molecular complexity index is 353. The summed E-state index contributed by atoms with van der Waals surface area (Å²) >= 11 is 3.40. The lowest BCUT2D eigenvalue weighted by atomic mass is 10.2. The minimum Gasteiger partial charge on any atom is -0.372 e. The molecule has 2 rings (SSSR count). The van der Waals surface area contributed by atoms with Crippen molar-refractivity contribution < 1.29 is 4.74 Å². The normalized spacial score (nSPS) is 24.7. The summed E-state index contributed by atoms with van der Waals surface area (Å²) in [7, 11) is 0. The highest BCUT2D eigenvalue weighted by Crippen LogP contribution is 2.21. The van der Waals surface area contributed by atoms with E-state index in [4.69, 9.17) is 4.74 Å². The quantitative estimate of drug-likeness (QED) is 0.906. The maximum atomic E-state index is 5.99. The highest BCUT2D eigenvalue weighted by Gasteiger charge is 2.25. The van der Waals surface area contributed by atoms with E-state index in [0.717, 1.165) is 30.4 Å². The smallest absolute Gasteiger partial charge is 0.0776 e. The Morgan fingerprint density at radius 2 is 2.29 bits per heavy atom. The monoisotopic (exact) mass is 301 g/mol. The van der Waals surface area contributed by atoms with Gasteiger partial charge in [-0.2, -0.15) is 5.10 Å². The van der Waals surface area contributed by atoms with Gasteiger partial charge in [0.25, 0.3) is 0 Å². The van der Waals surface area contributed by atoms with Gasteiger partial charge in [0.05, 0.1) is 29.4 Å². The molecule has 0 aromatic carbocycles. The Morgan fingerprint density at radius 1 is 1.53 bits per heavy atom. The minimum absolute atomic E-state index is 0.306. The number of ether oxygens (including phenoxy) is 1. The van der Waals surface area contributed by atoms with E-state index in [-0.39, 0.29) is 0 Å². The molecule has 4 nitrogen and oxygen atoms in total. The average molecular weight is 302 g/mol. The van der Waals surface area contributed by atoms with Crippen molar-refractivity contribution in [3.63, 3.8) is 0 Å². The van der Waals surface area contributed by atoms with Gasteiger partial charge in [-0.15, -0.1) is 0 Å². The van der Waals surface area contributed by atoms with Crippen LogP contribution >= 0.6 is 15.9 Å². The van der Waals surface area contributed by atoms with Crippen molar-refractivity contribution in [3.05, 3.63) is 16.9 Å². The Morgan fingerprint density at radius 3 is 2.94 bits per heavy atom. The number of aromatic nitrogens is 2. The van der Waals surface area contributed by atoms with Gasteiger partial charge < -0.3 is 10.1 Å². The van der Waals surface area contributed by atoms with E-state index in [1.807, 2.05) is 17.1 Å². The standard InChI is InChI=1S/C12H20BrN3O/c1-9(2)14-6-11-3-4-12(17-11)8-16-7-10(13)5-15-16/h5,7,9,11-12,14H,3-4,6,8H2,1-2H3. The predicted octanol–water partition coefficient (Wildman–Crippen LogP) is 2.19. The number of hydrogen-bond donors (Lipinski definition) is 1. The van der Waals surface area contributed by atoms with Gasteiger partial charge in [0.15, 0.2) is 0 Å². The van der Waals surface area contributed by atoms with Crippen LogP contribution in [0.4, 0.5) is 0 Å². The lowest BCUT2D eigenvalue weighted by Gasteiger charge is -2.16. The molecule has 0 aliphatic carbocycles. The third-order valence-corrected chi connectivity index (χ3v) is 3.35. The molecule has 2 heterocycles. The van der Waals surface area contributed by atoms with Crippen LogP contribution < -0.4 is 5.32 Å². The molecule has 0 bridgehead atoms. The van der Waals surface area contributed by atoms with E-state index >= 15 is 0 Å². The Balaban J connectivity index is 1.74. The molecule has 17 heavy (non-hydrogen) atoms. The molecule has 96 valence electrons. The third-order valence-electron chi connectivity index (χ3n) is 2.94. The van der Waals surface area contributed by atoms with Crippen LogP contribution in [0, 0.1) is 0 Å². The lowest BCUT2D eigenvalue weighted by molar-refractivity contribution is 0.0333. The summed E-state index contributed by atoms with van der Waals surface area (Å²) in [5, 5.41) is 7.67. The molecule has 0 amide bonds. The van der Waals surface area contributed by atoms with E-state index in [2.05, 4.69) is 40.2 Å². The fourth-order valence-corrected chi connectivity index (χ4v) is 2.41. The van der Waals surface area contributed by atoms with Gasteiger partial charge in [0, 0.05) is 18.8 Å². The molecular formula is C12H20BrN3O. The maximum absolute atomic E-state index is 5.99. The van der Waals surface area contributed by atoms with Gasteiger partial charge in [-0.3, -0.25) is 4.68 Å². The number of halogens is 1. The predicted molar refractivity (Wildman–Crippen MR) is 71.0 cm³/mol.